The number of fused-ring (bicyclic) bond motifs is 1. The van der Waals surface area contributed by atoms with Gasteiger partial charge in [-0.05, 0) is 30.9 Å². The molecule has 0 bridgehead atoms. The second kappa shape index (κ2) is 3.38. The van der Waals surface area contributed by atoms with E-state index in [0.29, 0.717) is 5.92 Å². The maximum Gasteiger partial charge on any atom is 0.0372 e. The van der Waals surface area contributed by atoms with Crippen LogP contribution in [0.2, 0.25) is 0 Å². The van der Waals surface area contributed by atoms with Crippen molar-refractivity contribution >= 4 is 5.69 Å². The van der Waals surface area contributed by atoms with Crippen LogP contribution in [0.1, 0.15) is 12.5 Å². The van der Waals surface area contributed by atoms with Gasteiger partial charge in [0, 0.05) is 18.3 Å². The summed E-state index contributed by atoms with van der Waals surface area (Å²) in [6, 6.07) is 8.74. The van der Waals surface area contributed by atoms with Crippen LogP contribution in [-0.4, -0.2) is 12.6 Å². The predicted octanol–water partition coefficient (Wildman–Crippen LogP) is 1.62. The highest BCUT2D eigenvalue weighted by molar-refractivity contribution is 5.53. The summed E-state index contributed by atoms with van der Waals surface area (Å²) in [5.74, 6) is 0.579. The first-order valence-corrected chi connectivity index (χ1v) is 4.84. The van der Waals surface area contributed by atoms with Crippen molar-refractivity contribution in [1.29, 1.82) is 0 Å². The van der Waals surface area contributed by atoms with Crippen molar-refractivity contribution in [3.8, 4) is 0 Å². The van der Waals surface area contributed by atoms with Crippen LogP contribution in [0.3, 0.4) is 0 Å². The van der Waals surface area contributed by atoms with E-state index < -0.39 is 0 Å². The zero-order chi connectivity index (χ0) is 9.26. The molecule has 0 fully saturated rings. The highest BCUT2D eigenvalue weighted by Crippen LogP contribution is 2.25. The summed E-state index contributed by atoms with van der Waals surface area (Å²) in [5, 5.41) is 3.41. The number of hydrogen-bond donors (Lipinski definition) is 2. The SMILES string of the molecule is CC(N)C1CNc2ccccc2C1. The van der Waals surface area contributed by atoms with Crippen LogP contribution in [0, 0.1) is 5.92 Å². The number of para-hydroxylation sites is 1. The van der Waals surface area contributed by atoms with E-state index in [4.69, 9.17) is 5.73 Å². The summed E-state index contributed by atoms with van der Waals surface area (Å²) in [4.78, 5) is 0. The molecule has 0 aromatic heterocycles. The quantitative estimate of drug-likeness (QED) is 0.682. The van der Waals surface area contributed by atoms with Gasteiger partial charge in [-0.15, -0.1) is 0 Å². The number of nitrogens with one attached hydrogen (secondary N) is 1. The molecule has 2 unspecified atom stereocenters. The first kappa shape index (κ1) is 8.57. The number of hydrogen-bond acceptors (Lipinski definition) is 2. The van der Waals surface area contributed by atoms with Crippen molar-refractivity contribution in [2.75, 3.05) is 11.9 Å². The third-order valence-corrected chi connectivity index (χ3v) is 2.80. The molecule has 0 radical (unpaired) electrons. The Hall–Kier alpha value is -1.02. The summed E-state index contributed by atoms with van der Waals surface area (Å²) in [6.45, 7) is 3.09. The van der Waals surface area contributed by atoms with Crippen molar-refractivity contribution in [3.63, 3.8) is 0 Å². The molecule has 0 saturated heterocycles. The van der Waals surface area contributed by atoms with E-state index in [2.05, 4.69) is 36.5 Å². The van der Waals surface area contributed by atoms with Crippen LogP contribution in [0.5, 0.6) is 0 Å². The molecule has 2 atom stereocenters. The van der Waals surface area contributed by atoms with Crippen LogP contribution in [0.4, 0.5) is 5.69 Å². The topological polar surface area (TPSA) is 38.0 Å². The summed E-state index contributed by atoms with van der Waals surface area (Å²) < 4.78 is 0. The van der Waals surface area contributed by atoms with Gasteiger partial charge in [-0.25, -0.2) is 0 Å². The Morgan fingerprint density at radius 3 is 3.00 bits per heavy atom. The minimum absolute atomic E-state index is 0.279. The second-order valence-corrected chi connectivity index (χ2v) is 3.86. The molecule has 2 heteroatoms. The summed E-state index contributed by atoms with van der Waals surface area (Å²) >= 11 is 0. The standard InChI is InChI=1S/C11H16N2/c1-8(12)10-6-9-4-2-3-5-11(9)13-7-10/h2-5,8,10,13H,6-7,12H2,1H3. The average molecular weight is 176 g/mol. The molecule has 1 aromatic rings. The fourth-order valence-electron chi connectivity index (χ4n) is 1.84. The van der Waals surface area contributed by atoms with Crippen molar-refractivity contribution in [2.45, 2.75) is 19.4 Å². The summed E-state index contributed by atoms with van der Waals surface area (Å²) in [6.07, 6.45) is 1.11. The molecular formula is C11H16N2. The minimum Gasteiger partial charge on any atom is -0.384 e. The lowest BCUT2D eigenvalue weighted by molar-refractivity contribution is 0.453. The summed E-state index contributed by atoms with van der Waals surface area (Å²) in [7, 11) is 0. The fraction of sp³-hybridized carbons (Fsp3) is 0.455. The largest absolute Gasteiger partial charge is 0.384 e. The molecule has 1 aliphatic rings. The van der Waals surface area contributed by atoms with Gasteiger partial charge in [0.05, 0.1) is 0 Å². The average Bonchev–Trinajstić information content (AvgIpc) is 2.17. The smallest absolute Gasteiger partial charge is 0.0372 e. The van der Waals surface area contributed by atoms with E-state index in [1.54, 1.807) is 0 Å². The van der Waals surface area contributed by atoms with Gasteiger partial charge in [-0.1, -0.05) is 18.2 Å². The highest BCUT2D eigenvalue weighted by atomic mass is 14.9. The zero-order valence-corrected chi connectivity index (χ0v) is 7.96. The van der Waals surface area contributed by atoms with Crippen molar-refractivity contribution < 1.29 is 0 Å². The molecule has 13 heavy (non-hydrogen) atoms. The second-order valence-electron chi connectivity index (χ2n) is 3.86. The molecule has 0 spiro atoms. The van der Waals surface area contributed by atoms with Gasteiger partial charge in [0.2, 0.25) is 0 Å². The molecule has 3 N–H and O–H groups in total. The normalized spacial score (nSPS) is 23.1. The Labute approximate surface area is 79.1 Å². The Kier molecular flexibility index (Phi) is 2.23. The van der Waals surface area contributed by atoms with Gasteiger partial charge in [0.15, 0.2) is 0 Å². The molecule has 0 aliphatic carbocycles. The molecule has 0 amide bonds. The van der Waals surface area contributed by atoms with Crippen molar-refractivity contribution in [2.24, 2.45) is 11.7 Å². The molecule has 0 saturated carbocycles. The lowest BCUT2D eigenvalue weighted by Gasteiger charge is -2.28. The number of anilines is 1. The third kappa shape index (κ3) is 1.68. The molecule has 70 valence electrons. The fourth-order valence-corrected chi connectivity index (χ4v) is 1.84. The van der Waals surface area contributed by atoms with E-state index in [1.807, 2.05) is 0 Å². The molecule has 2 rings (SSSR count). The maximum atomic E-state index is 5.88. The molecule has 1 heterocycles. The number of nitrogens with two attached hydrogens (primary N) is 1. The van der Waals surface area contributed by atoms with E-state index >= 15 is 0 Å². The van der Waals surface area contributed by atoms with Gasteiger partial charge in [0.25, 0.3) is 0 Å². The molecule has 1 aromatic carbocycles. The van der Waals surface area contributed by atoms with Gasteiger partial charge >= 0.3 is 0 Å². The predicted molar refractivity (Wildman–Crippen MR) is 55.8 cm³/mol. The monoisotopic (exact) mass is 176 g/mol. The van der Waals surface area contributed by atoms with E-state index in [-0.39, 0.29) is 6.04 Å². The Morgan fingerprint density at radius 1 is 1.46 bits per heavy atom. The van der Waals surface area contributed by atoms with Crippen LogP contribution in [0.25, 0.3) is 0 Å². The molecule has 1 aliphatic heterocycles. The molecular weight excluding hydrogens is 160 g/mol. The van der Waals surface area contributed by atoms with Gasteiger partial charge < -0.3 is 11.1 Å². The van der Waals surface area contributed by atoms with Gasteiger partial charge in [0.1, 0.15) is 0 Å². The first-order valence-electron chi connectivity index (χ1n) is 4.84. The minimum atomic E-state index is 0.279. The Balaban J connectivity index is 2.20. The van der Waals surface area contributed by atoms with Crippen LogP contribution in [-0.2, 0) is 6.42 Å². The lowest BCUT2D eigenvalue weighted by atomic mass is 9.89. The Bertz CT molecular complexity index is 294. The number of benzene rings is 1. The van der Waals surface area contributed by atoms with E-state index in [9.17, 15) is 0 Å². The van der Waals surface area contributed by atoms with Crippen molar-refractivity contribution in [1.82, 2.24) is 0 Å². The van der Waals surface area contributed by atoms with Crippen LogP contribution >= 0.6 is 0 Å². The van der Waals surface area contributed by atoms with Crippen LogP contribution in [0.15, 0.2) is 24.3 Å². The van der Waals surface area contributed by atoms with E-state index in [1.165, 1.54) is 11.3 Å². The zero-order valence-electron chi connectivity index (χ0n) is 7.96. The maximum absolute atomic E-state index is 5.88. The van der Waals surface area contributed by atoms with Gasteiger partial charge in [-0.3, -0.25) is 0 Å². The van der Waals surface area contributed by atoms with E-state index in [0.717, 1.165) is 13.0 Å². The summed E-state index contributed by atoms with van der Waals surface area (Å²) in [5.41, 5.74) is 8.56. The number of rotatable bonds is 1. The van der Waals surface area contributed by atoms with Crippen LogP contribution < -0.4 is 11.1 Å². The highest BCUT2D eigenvalue weighted by Gasteiger charge is 2.20. The van der Waals surface area contributed by atoms with Crippen molar-refractivity contribution in [3.05, 3.63) is 29.8 Å². The molecule has 2 nitrogen and oxygen atoms in total. The Morgan fingerprint density at radius 2 is 2.23 bits per heavy atom. The third-order valence-electron chi connectivity index (χ3n) is 2.80. The lowest BCUT2D eigenvalue weighted by Crippen LogP contribution is -2.36. The first-order chi connectivity index (χ1) is 6.27. The van der Waals surface area contributed by atoms with Gasteiger partial charge in [-0.2, -0.15) is 0 Å².